The zero-order valence-corrected chi connectivity index (χ0v) is 16.9. The van der Waals surface area contributed by atoms with E-state index in [1.165, 1.54) is 0 Å². The number of piperidine rings is 1. The highest BCUT2D eigenvalue weighted by Gasteiger charge is 2.29. The number of benzene rings is 2. The molecule has 0 spiro atoms. The molecule has 1 heterocycles. The van der Waals surface area contributed by atoms with Crippen LogP contribution in [0.15, 0.2) is 42.5 Å². The average Bonchev–Trinajstić information content (AvgIpc) is 2.71. The van der Waals surface area contributed by atoms with Crippen LogP contribution in [-0.4, -0.2) is 62.7 Å². The second-order valence-corrected chi connectivity index (χ2v) is 7.07. The summed E-state index contributed by atoms with van der Waals surface area (Å²) in [6.45, 7) is 2.73. The maximum atomic E-state index is 10.4. The van der Waals surface area contributed by atoms with Gasteiger partial charge in [0, 0.05) is 30.7 Å². The van der Waals surface area contributed by atoms with E-state index in [1.54, 1.807) is 38.5 Å². The largest absolute Gasteiger partial charge is 0.493 e. The SMILES string of the molecule is COc1ccc(O[C@@H]2CN(CCOc3ccc(Cl)cc3)CC[C@H]2O)cc1OC. The van der Waals surface area contributed by atoms with Crippen molar-refractivity contribution in [3.63, 3.8) is 0 Å². The minimum absolute atomic E-state index is 0.317. The molecule has 6 nitrogen and oxygen atoms in total. The summed E-state index contributed by atoms with van der Waals surface area (Å²) in [7, 11) is 3.17. The van der Waals surface area contributed by atoms with E-state index >= 15 is 0 Å². The molecular weight excluding hydrogens is 382 g/mol. The van der Waals surface area contributed by atoms with Crippen molar-refractivity contribution < 1.29 is 24.1 Å². The molecule has 3 rings (SSSR count). The van der Waals surface area contributed by atoms with Crippen LogP contribution in [0.3, 0.4) is 0 Å². The molecule has 0 bridgehead atoms. The summed E-state index contributed by atoms with van der Waals surface area (Å²) in [5, 5.41) is 11.0. The quantitative estimate of drug-likeness (QED) is 0.724. The number of nitrogens with zero attached hydrogens (tertiary/aromatic N) is 1. The predicted molar refractivity (Wildman–Crippen MR) is 108 cm³/mol. The second-order valence-electron chi connectivity index (χ2n) is 6.63. The number of hydrogen-bond acceptors (Lipinski definition) is 6. The number of methoxy groups -OCH3 is 2. The first kappa shape index (κ1) is 20.6. The first-order valence-corrected chi connectivity index (χ1v) is 9.64. The minimum Gasteiger partial charge on any atom is -0.493 e. The van der Waals surface area contributed by atoms with E-state index in [2.05, 4.69) is 4.90 Å². The molecule has 1 N–H and O–H groups in total. The molecule has 2 atom stereocenters. The lowest BCUT2D eigenvalue weighted by atomic mass is 10.0. The van der Waals surface area contributed by atoms with E-state index in [0.29, 0.717) is 41.8 Å². The van der Waals surface area contributed by atoms with Crippen molar-refractivity contribution in [2.75, 3.05) is 40.5 Å². The van der Waals surface area contributed by atoms with Crippen LogP contribution in [0.1, 0.15) is 6.42 Å². The summed E-state index contributed by atoms with van der Waals surface area (Å²) < 4.78 is 22.4. The maximum absolute atomic E-state index is 10.4. The van der Waals surface area contributed by atoms with E-state index in [1.807, 2.05) is 18.2 Å². The van der Waals surface area contributed by atoms with Gasteiger partial charge in [-0.25, -0.2) is 0 Å². The van der Waals surface area contributed by atoms with Crippen molar-refractivity contribution in [3.05, 3.63) is 47.5 Å². The Balaban J connectivity index is 1.53. The number of halogens is 1. The van der Waals surface area contributed by atoms with Crippen molar-refractivity contribution in [1.29, 1.82) is 0 Å². The van der Waals surface area contributed by atoms with Gasteiger partial charge in [0.15, 0.2) is 11.5 Å². The van der Waals surface area contributed by atoms with Crippen molar-refractivity contribution in [2.24, 2.45) is 0 Å². The van der Waals surface area contributed by atoms with Crippen molar-refractivity contribution in [3.8, 4) is 23.0 Å². The van der Waals surface area contributed by atoms with Gasteiger partial charge in [-0.2, -0.15) is 0 Å². The van der Waals surface area contributed by atoms with Gasteiger partial charge < -0.3 is 24.1 Å². The van der Waals surface area contributed by atoms with Crippen LogP contribution in [0, 0.1) is 0 Å². The number of ether oxygens (including phenoxy) is 4. The molecule has 1 aliphatic rings. The number of rotatable bonds is 8. The molecular formula is C21H26ClNO5. The monoisotopic (exact) mass is 407 g/mol. The fourth-order valence-corrected chi connectivity index (χ4v) is 3.30. The summed E-state index contributed by atoms with van der Waals surface area (Å²) >= 11 is 5.88. The lowest BCUT2D eigenvalue weighted by Crippen LogP contribution is -2.50. The number of likely N-dealkylation sites (tertiary alicyclic amines) is 1. The molecule has 0 aliphatic carbocycles. The van der Waals surface area contributed by atoms with Crippen LogP contribution < -0.4 is 18.9 Å². The van der Waals surface area contributed by atoms with Gasteiger partial charge in [-0.1, -0.05) is 11.6 Å². The maximum Gasteiger partial charge on any atom is 0.164 e. The zero-order valence-electron chi connectivity index (χ0n) is 16.1. The van der Waals surface area contributed by atoms with Gasteiger partial charge in [0.1, 0.15) is 24.2 Å². The van der Waals surface area contributed by atoms with Crippen molar-refractivity contribution in [2.45, 2.75) is 18.6 Å². The van der Waals surface area contributed by atoms with Gasteiger partial charge in [0.05, 0.1) is 20.3 Å². The van der Waals surface area contributed by atoms with Crippen molar-refractivity contribution in [1.82, 2.24) is 4.90 Å². The van der Waals surface area contributed by atoms with Crippen LogP contribution in [0.5, 0.6) is 23.0 Å². The normalized spacial score (nSPS) is 19.9. The van der Waals surface area contributed by atoms with Crippen LogP contribution in [0.25, 0.3) is 0 Å². The molecule has 152 valence electrons. The Morgan fingerprint density at radius 1 is 1.04 bits per heavy atom. The predicted octanol–water partition coefficient (Wildman–Crippen LogP) is 3.25. The Morgan fingerprint density at radius 2 is 1.75 bits per heavy atom. The molecule has 28 heavy (non-hydrogen) atoms. The highest BCUT2D eigenvalue weighted by molar-refractivity contribution is 6.30. The van der Waals surface area contributed by atoms with E-state index in [-0.39, 0.29) is 6.10 Å². The standard InChI is InChI=1S/C21H26ClNO5/c1-25-19-8-7-17(13-20(19)26-2)28-21-14-23(10-9-18(21)24)11-12-27-16-5-3-15(22)4-6-16/h3-8,13,18,21,24H,9-12,14H2,1-2H3/t18-,21-/m1/s1. The summed E-state index contributed by atoms with van der Waals surface area (Å²) in [6, 6.07) is 12.7. The Bertz CT molecular complexity index is 755. The molecule has 7 heteroatoms. The highest BCUT2D eigenvalue weighted by Crippen LogP contribution is 2.32. The van der Waals surface area contributed by atoms with Gasteiger partial charge in [-0.3, -0.25) is 4.90 Å². The van der Waals surface area contributed by atoms with E-state index in [4.69, 9.17) is 30.5 Å². The first-order valence-electron chi connectivity index (χ1n) is 9.26. The number of aliphatic hydroxyl groups excluding tert-OH is 1. The molecule has 0 unspecified atom stereocenters. The summed E-state index contributed by atoms with van der Waals surface area (Å²) in [5.41, 5.74) is 0. The van der Waals surface area contributed by atoms with E-state index in [9.17, 15) is 5.11 Å². The fourth-order valence-electron chi connectivity index (χ4n) is 3.18. The van der Waals surface area contributed by atoms with Gasteiger partial charge in [-0.05, 0) is 42.8 Å². The average molecular weight is 408 g/mol. The Labute approximate surface area is 170 Å². The molecule has 0 saturated carbocycles. The minimum atomic E-state index is -0.512. The lowest BCUT2D eigenvalue weighted by Gasteiger charge is -2.36. The molecule has 1 aliphatic heterocycles. The first-order chi connectivity index (χ1) is 13.6. The van der Waals surface area contributed by atoms with Crippen LogP contribution in [0.4, 0.5) is 0 Å². The zero-order chi connectivity index (χ0) is 19.9. The lowest BCUT2D eigenvalue weighted by molar-refractivity contribution is -0.0269. The second kappa shape index (κ2) is 9.87. The van der Waals surface area contributed by atoms with Crippen LogP contribution in [0.2, 0.25) is 5.02 Å². The molecule has 0 amide bonds. The molecule has 2 aromatic carbocycles. The Kier molecular flexibility index (Phi) is 7.25. The summed E-state index contributed by atoms with van der Waals surface area (Å²) in [4.78, 5) is 2.23. The third kappa shape index (κ3) is 5.44. The number of hydrogen-bond donors (Lipinski definition) is 1. The van der Waals surface area contributed by atoms with Crippen molar-refractivity contribution >= 4 is 11.6 Å². The third-order valence-electron chi connectivity index (χ3n) is 4.74. The van der Waals surface area contributed by atoms with Crippen LogP contribution >= 0.6 is 11.6 Å². The molecule has 0 radical (unpaired) electrons. The van der Waals surface area contributed by atoms with Gasteiger partial charge in [0.2, 0.25) is 0 Å². The molecule has 1 fully saturated rings. The summed E-state index contributed by atoms with van der Waals surface area (Å²) in [5.74, 6) is 2.67. The molecule has 1 saturated heterocycles. The smallest absolute Gasteiger partial charge is 0.164 e. The van der Waals surface area contributed by atoms with Gasteiger partial charge >= 0.3 is 0 Å². The van der Waals surface area contributed by atoms with Crippen LogP contribution in [-0.2, 0) is 0 Å². The van der Waals surface area contributed by atoms with E-state index in [0.717, 1.165) is 18.8 Å². The van der Waals surface area contributed by atoms with E-state index < -0.39 is 6.10 Å². The summed E-state index contributed by atoms with van der Waals surface area (Å²) in [6.07, 6.45) is -0.178. The molecule has 0 aromatic heterocycles. The van der Waals surface area contributed by atoms with Gasteiger partial charge in [0.25, 0.3) is 0 Å². The Morgan fingerprint density at radius 3 is 2.46 bits per heavy atom. The number of aliphatic hydroxyl groups is 1. The molecule has 2 aromatic rings. The van der Waals surface area contributed by atoms with Gasteiger partial charge in [-0.15, -0.1) is 0 Å². The highest BCUT2D eigenvalue weighted by atomic mass is 35.5. The Hall–Kier alpha value is -2.15. The topological polar surface area (TPSA) is 60.4 Å². The third-order valence-corrected chi connectivity index (χ3v) is 4.99. The fraction of sp³-hybridized carbons (Fsp3) is 0.429.